The van der Waals surface area contributed by atoms with Crippen LogP contribution < -0.4 is 10.1 Å². The lowest BCUT2D eigenvalue weighted by Crippen LogP contribution is -2.50. The molecule has 2 unspecified atom stereocenters. The second kappa shape index (κ2) is 7.53. The third-order valence-electron chi connectivity index (χ3n) is 4.90. The van der Waals surface area contributed by atoms with Gasteiger partial charge in [-0.05, 0) is 24.6 Å². The Labute approximate surface area is 157 Å². The number of amides is 3. The van der Waals surface area contributed by atoms with E-state index in [0.717, 1.165) is 0 Å². The summed E-state index contributed by atoms with van der Waals surface area (Å²) in [7, 11) is 1.52. The molecule has 1 saturated heterocycles. The summed E-state index contributed by atoms with van der Waals surface area (Å²) in [4.78, 5) is 39.9. The minimum Gasteiger partial charge on any atom is -0.495 e. The zero-order valence-electron chi connectivity index (χ0n) is 14.8. The maximum atomic E-state index is 12.6. The molecule has 1 saturated carbocycles. The topological polar surface area (TPSA) is 79.0 Å². The van der Waals surface area contributed by atoms with Crippen molar-refractivity contribution in [1.82, 2.24) is 9.80 Å². The van der Waals surface area contributed by atoms with Crippen molar-refractivity contribution in [3.05, 3.63) is 23.2 Å². The van der Waals surface area contributed by atoms with Crippen LogP contribution in [0.15, 0.2) is 18.2 Å². The van der Waals surface area contributed by atoms with Crippen molar-refractivity contribution in [2.45, 2.75) is 13.3 Å². The number of piperazine rings is 1. The molecule has 1 aromatic carbocycles. The number of rotatable bonds is 4. The molecule has 0 radical (unpaired) electrons. The summed E-state index contributed by atoms with van der Waals surface area (Å²) in [5, 5.41) is 3.30. The van der Waals surface area contributed by atoms with Crippen molar-refractivity contribution < 1.29 is 19.1 Å². The van der Waals surface area contributed by atoms with Gasteiger partial charge in [-0.25, -0.2) is 0 Å². The maximum absolute atomic E-state index is 12.6. The van der Waals surface area contributed by atoms with Crippen LogP contribution in [0.4, 0.5) is 5.69 Å². The zero-order valence-corrected chi connectivity index (χ0v) is 15.6. The lowest BCUT2D eigenvalue weighted by atomic mass is 10.2. The molecule has 140 valence electrons. The van der Waals surface area contributed by atoms with Gasteiger partial charge in [0.15, 0.2) is 0 Å². The maximum Gasteiger partial charge on any atom is 0.228 e. The molecule has 7 nitrogen and oxygen atoms in total. The molecule has 1 aromatic rings. The summed E-state index contributed by atoms with van der Waals surface area (Å²) in [6.07, 6.45) is 0.542. The van der Waals surface area contributed by atoms with Crippen molar-refractivity contribution in [1.29, 1.82) is 0 Å². The van der Waals surface area contributed by atoms with Gasteiger partial charge in [0.2, 0.25) is 17.7 Å². The fourth-order valence-corrected chi connectivity index (χ4v) is 3.41. The van der Waals surface area contributed by atoms with E-state index in [9.17, 15) is 14.4 Å². The van der Waals surface area contributed by atoms with Crippen molar-refractivity contribution in [2.24, 2.45) is 11.8 Å². The molecule has 0 bridgehead atoms. The Morgan fingerprint density at radius 1 is 1.12 bits per heavy atom. The standard InChI is InChI=1S/C18H22ClN3O4/c1-11(23)21-5-7-22(8-6-21)18(25)14-10-13(14)17(24)20-15-9-12(19)3-4-16(15)26-2/h3-4,9,13-14H,5-8,10H2,1-2H3,(H,20,24). The van der Waals surface area contributed by atoms with Crippen LogP contribution in [-0.2, 0) is 14.4 Å². The first-order chi connectivity index (χ1) is 12.4. The molecule has 2 aliphatic rings. The molecule has 2 fully saturated rings. The Balaban J connectivity index is 1.55. The Morgan fingerprint density at radius 3 is 2.38 bits per heavy atom. The van der Waals surface area contributed by atoms with Crippen molar-refractivity contribution in [3.8, 4) is 5.75 Å². The van der Waals surface area contributed by atoms with Crippen LogP contribution in [0, 0.1) is 11.8 Å². The Hall–Kier alpha value is -2.28. The number of halogens is 1. The number of nitrogens with one attached hydrogen (secondary N) is 1. The van der Waals surface area contributed by atoms with Gasteiger partial charge in [0.1, 0.15) is 5.75 Å². The largest absolute Gasteiger partial charge is 0.495 e. The predicted octanol–water partition coefficient (Wildman–Crippen LogP) is 1.61. The molecule has 3 amide bonds. The summed E-state index contributed by atoms with van der Waals surface area (Å²) in [5.41, 5.74) is 0.498. The first-order valence-electron chi connectivity index (χ1n) is 8.59. The van der Waals surface area contributed by atoms with Crippen molar-refractivity contribution in [2.75, 3.05) is 38.6 Å². The van der Waals surface area contributed by atoms with E-state index in [4.69, 9.17) is 16.3 Å². The molecule has 0 spiro atoms. The summed E-state index contributed by atoms with van der Waals surface area (Å²) in [6, 6.07) is 4.99. The second-order valence-corrected chi connectivity index (χ2v) is 7.05. The number of benzene rings is 1. The van der Waals surface area contributed by atoms with Crippen LogP contribution in [0.3, 0.4) is 0 Å². The van der Waals surface area contributed by atoms with Gasteiger partial charge in [-0.15, -0.1) is 0 Å². The van der Waals surface area contributed by atoms with Crippen LogP contribution in [-0.4, -0.2) is 60.8 Å². The van der Waals surface area contributed by atoms with Crippen LogP contribution >= 0.6 is 11.6 Å². The van der Waals surface area contributed by atoms with E-state index in [1.807, 2.05) is 0 Å². The quantitative estimate of drug-likeness (QED) is 0.862. The monoisotopic (exact) mass is 379 g/mol. The highest BCUT2D eigenvalue weighted by Crippen LogP contribution is 2.41. The highest BCUT2D eigenvalue weighted by atomic mass is 35.5. The zero-order chi connectivity index (χ0) is 18.8. The molecule has 8 heteroatoms. The number of hydrogen-bond acceptors (Lipinski definition) is 4. The van der Waals surface area contributed by atoms with Crippen molar-refractivity contribution >= 4 is 35.0 Å². The van der Waals surface area contributed by atoms with Gasteiger partial charge in [-0.2, -0.15) is 0 Å². The minimum absolute atomic E-state index is 0.00795. The van der Waals surface area contributed by atoms with Gasteiger partial charge in [0.05, 0.1) is 24.6 Å². The average Bonchev–Trinajstić information content (AvgIpc) is 3.42. The van der Waals surface area contributed by atoms with Gasteiger partial charge in [-0.1, -0.05) is 11.6 Å². The number of ether oxygens (including phenoxy) is 1. The number of carbonyl (C=O) groups is 3. The molecule has 1 aliphatic heterocycles. The van der Waals surface area contributed by atoms with Crippen LogP contribution in [0.1, 0.15) is 13.3 Å². The fourth-order valence-electron chi connectivity index (χ4n) is 3.24. The van der Waals surface area contributed by atoms with Gasteiger partial charge >= 0.3 is 0 Å². The first-order valence-corrected chi connectivity index (χ1v) is 8.97. The Morgan fingerprint density at radius 2 is 1.77 bits per heavy atom. The molecule has 2 atom stereocenters. The van der Waals surface area contributed by atoms with Crippen molar-refractivity contribution in [3.63, 3.8) is 0 Å². The van der Waals surface area contributed by atoms with E-state index in [-0.39, 0.29) is 29.6 Å². The van der Waals surface area contributed by atoms with E-state index < -0.39 is 0 Å². The van der Waals surface area contributed by atoms with E-state index in [1.54, 1.807) is 28.0 Å². The van der Waals surface area contributed by atoms with Gasteiger partial charge in [-0.3, -0.25) is 14.4 Å². The molecule has 1 heterocycles. The van der Waals surface area contributed by atoms with Gasteiger partial charge < -0.3 is 19.9 Å². The third-order valence-corrected chi connectivity index (χ3v) is 5.14. The predicted molar refractivity (Wildman–Crippen MR) is 97.1 cm³/mol. The summed E-state index contributed by atoms with van der Waals surface area (Å²) >= 11 is 5.97. The number of anilines is 1. The van der Waals surface area contributed by atoms with E-state index in [0.29, 0.717) is 49.1 Å². The minimum atomic E-state index is -0.336. The Bertz CT molecular complexity index is 731. The molecule has 0 aromatic heterocycles. The summed E-state index contributed by atoms with van der Waals surface area (Å²) < 4.78 is 5.22. The third kappa shape index (κ3) is 3.93. The number of hydrogen-bond donors (Lipinski definition) is 1. The second-order valence-electron chi connectivity index (χ2n) is 6.61. The highest BCUT2D eigenvalue weighted by molar-refractivity contribution is 6.31. The van der Waals surface area contributed by atoms with E-state index >= 15 is 0 Å². The molecule has 26 heavy (non-hydrogen) atoms. The number of methoxy groups -OCH3 is 1. The van der Waals surface area contributed by atoms with E-state index in [1.165, 1.54) is 14.0 Å². The molecular weight excluding hydrogens is 358 g/mol. The average molecular weight is 380 g/mol. The molecular formula is C18H22ClN3O4. The number of carbonyl (C=O) groups excluding carboxylic acids is 3. The molecule has 1 N–H and O–H groups in total. The lowest BCUT2D eigenvalue weighted by Gasteiger charge is -2.34. The van der Waals surface area contributed by atoms with Gasteiger partial charge in [0.25, 0.3) is 0 Å². The first kappa shape index (κ1) is 18.5. The summed E-state index contributed by atoms with van der Waals surface area (Å²) in [5.74, 6) is -0.290. The van der Waals surface area contributed by atoms with Crippen LogP contribution in [0.2, 0.25) is 5.02 Å². The Kier molecular flexibility index (Phi) is 5.36. The number of nitrogens with zero attached hydrogens (tertiary/aromatic N) is 2. The normalized spacial score (nSPS) is 22.0. The fraction of sp³-hybridized carbons (Fsp3) is 0.500. The molecule has 1 aliphatic carbocycles. The smallest absolute Gasteiger partial charge is 0.228 e. The molecule has 3 rings (SSSR count). The summed E-state index contributed by atoms with van der Waals surface area (Å²) in [6.45, 7) is 3.66. The lowest BCUT2D eigenvalue weighted by molar-refractivity contribution is -0.139. The van der Waals surface area contributed by atoms with E-state index in [2.05, 4.69) is 5.32 Å². The van der Waals surface area contributed by atoms with Gasteiger partial charge in [0, 0.05) is 38.1 Å². The van der Waals surface area contributed by atoms with Crippen LogP contribution in [0.5, 0.6) is 5.75 Å². The SMILES string of the molecule is COc1ccc(Cl)cc1NC(=O)C1CC1C(=O)N1CCN(C(C)=O)CC1. The highest BCUT2D eigenvalue weighted by Gasteiger charge is 2.49. The van der Waals surface area contributed by atoms with Crippen LogP contribution in [0.25, 0.3) is 0 Å².